The minimum atomic E-state index is -3.66. The van der Waals surface area contributed by atoms with Gasteiger partial charge in [-0.2, -0.15) is 13.7 Å². The van der Waals surface area contributed by atoms with Crippen molar-refractivity contribution >= 4 is 16.2 Å². The summed E-state index contributed by atoms with van der Waals surface area (Å²) in [4.78, 5) is 13.1. The molecule has 1 heterocycles. The van der Waals surface area contributed by atoms with Gasteiger partial charge in [0.1, 0.15) is 11.7 Å². The third-order valence-corrected chi connectivity index (χ3v) is 2.98. The number of carbonyl (C=O) groups is 1. The van der Waals surface area contributed by atoms with Crippen LogP contribution in [0.3, 0.4) is 0 Å². The molecule has 0 bridgehead atoms. The Hall–Kier alpha value is -1.33. The van der Waals surface area contributed by atoms with E-state index in [0.29, 0.717) is 0 Å². The first-order valence-electron chi connectivity index (χ1n) is 5.77. The lowest BCUT2D eigenvalue weighted by atomic mass is 10.1. The second-order valence-electron chi connectivity index (χ2n) is 5.46. The largest absolute Gasteiger partial charge is 0.444 e. The maximum Gasteiger partial charge on any atom is 0.410 e. The van der Waals surface area contributed by atoms with Crippen molar-refractivity contribution in [2.45, 2.75) is 32.5 Å². The smallest absolute Gasteiger partial charge is 0.410 e. The molecule has 0 N–H and O–H groups in total. The van der Waals surface area contributed by atoms with Gasteiger partial charge in [0.15, 0.2) is 0 Å². The van der Waals surface area contributed by atoms with Crippen LogP contribution in [0.1, 0.15) is 20.8 Å². The molecule has 1 saturated heterocycles. The molecule has 1 rings (SSSR count). The molecule has 1 fully saturated rings. The van der Waals surface area contributed by atoms with Crippen molar-refractivity contribution in [2.24, 2.45) is 5.92 Å². The van der Waals surface area contributed by atoms with Gasteiger partial charge >= 0.3 is 6.09 Å². The molecule has 0 radical (unpaired) electrons. The fourth-order valence-electron chi connectivity index (χ4n) is 1.70. The van der Waals surface area contributed by atoms with Crippen LogP contribution in [0.4, 0.5) is 4.79 Å². The average molecular weight is 290 g/mol. The van der Waals surface area contributed by atoms with Gasteiger partial charge in [-0.1, -0.05) is 0 Å². The van der Waals surface area contributed by atoms with Crippen LogP contribution in [0, 0.1) is 17.2 Å². The summed E-state index contributed by atoms with van der Waals surface area (Å²) >= 11 is 0. The van der Waals surface area contributed by atoms with Crippen molar-refractivity contribution in [1.82, 2.24) is 4.90 Å². The van der Waals surface area contributed by atoms with Crippen molar-refractivity contribution in [1.29, 1.82) is 5.26 Å². The molecule has 1 aliphatic rings. The number of ether oxygens (including phenoxy) is 1. The molecule has 1 unspecified atom stereocenters. The fourth-order valence-corrected chi connectivity index (χ4v) is 2.34. The lowest BCUT2D eigenvalue weighted by Gasteiger charge is -2.24. The van der Waals surface area contributed by atoms with E-state index in [9.17, 15) is 13.2 Å². The third kappa shape index (κ3) is 5.04. The molecular weight excluding hydrogens is 272 g/mol. The van der Waals surface area contributed by atoms with E-state index >= 15 is 0 Å². The van der Waals surface area contributed by atoms with E-state index in [4.69, 9.17) is 14.2 Å². The summed E-state index contributed by atoms with van der Waals surface area (Å²) in [5.74, 6) is -0.678. The molecule has 0 spiro atoms. The molecule has 108 valence electrons. The number of hydrogen-bond acceptors (Lipinski definition) is 6. The molecule has 0 saturated carbocycles. The van der Waals surface area contributed by atoms with Crippen LogP contribution in [0.15, 0.2) is 0 Å². The zero-order chi connectivity index (χ0) is 14.8. The molecule has 8 heteroatoms. The van der Waals surface area contributed by atoms with E-state index in [1.807, 2.05) is 6.07 Å². The molecule has 0 aromatic carbocycles. The molecule has 7 nitrogen and oxygen atoms in total. The highest BCUT2D eigenvalue weighted by Crippen LogP contribution is 2.23. The van der Waals surface area contributed by atoms with Gasteiger partial charge in [-0.15, -0.1) is 0 Å². The SMILES string of the molecule is CC(C)(C)OC(=O)N1CC(OS(C)(=O)=O)[C@@H](C#N)C1. The average Bonchev–Trinajstić information content (AvgIpc) is 2.55. The van der Waals surface area contributed by atoms with Gasteiger partial charge in [0.25, 0.3) is 10.1 Å². The van der Waals surface area contributed by atoms with Gasteiger partial charge < -0.3 is 9.64 Å². The summed E-state index contributed by atoms with van der Waals surface area (Å²) in [6.07, 6.45) is -0.503. The number of likely N-dealkylation sites (tertiary alicyclic amines) is 1. The summed E-state index contributed by atoms with van der Waals surface area (Å²) in [5, 5.41) is 8.96. The number of amides is 1. The second-order valence-corrected chi connectivity index (χ2v) is 7.06. The van der Waals surface area contributed by atoms with Gasteiger partial charge in [-0.3, -0.25) is 4.18 Å². The first kappa shape index (κ1) is 15.7. The zero-order valence-electron chi connectivity index (χ0n) is 11.4. The molecule has 1 aliphatic heterocycles. The van der Waals surface area contributed by atoms with Gasteiger partial charge in [0.05, 0.1) is 24.8 Å². The van der Waals surface area contributed by atoms with E-state index in [-0.39, 0.29) is 13.1 Å². The van der Waals surface area contributed by atoms with Crippen LogP contribution >= 0.6 is 0 Å². The third-order valence-electron chi connectivity index (χ3n) is 2.38. The monoisotopic (exact) mass is 290 g/mol. The number of nitrogens with zero attached hydrogens (tertiary/aromatic N) is 2. The Kier molecular flexibility index (Phi) is 4.43. The summed E-state index contributed by atoms with van der Waals surface area (Å²) in [6.45, 7) is 5.32. The van der Waals surface area contributed by atoms with E-state index in [1.165, 1.54) is 4.90 Å². The fraction of sp³-hybridized carbons (Fsp3) is 0.818. The Morgan fingerprint density at radius 1 is 1.37 bits per heavy atom. The van der Waals surface area contributed by atoms with Gasteiger partial charge in [-0.25, -0.2) is 4.79 Å². The van der Waals surface area contributed by atoms with Crippen LogP contribution in [-0.2, 0) is 19.0 Å². The molecule has 0 aromatic rings. The Balaban J connectivity index is 2.72. The topological polar surface area (TPSA) is 96.7 Å². The molecule has 19 heavy (non-hydrogen) atoms. The summed E-state index contributed by atoms with van der Waals surface area (Å²) in [7, 11) is -3.66. The van der Waals surface area contributed by atoms with Crippen molar-refractivity contribution in [3.63, 3.8) is 0 Å². The standard InChI is InChI=1S/C11H18N2O5S/c1-11(2,3)17-10(14)13-6-8(5-12)9(7-13)18-19(4,15)16/h8-9H,6-7H2,1-4H3/t8-,9?/m0/s1. The predicted molar refractivity (Wildman–Crippen MR) is 66.6 cm³/mol. The summed E-state index contributed by atoms with van der Waals surface area (Å²) in [6, 6.07) is 1.95. The highest BCUT2D eigenvalue weighted by Gasteiger charge is 2.39. The lowest BCUT2D eigenvalue weighted by Crippen LogP contribution is -2.36. The molecule has 2 atom stereocenters. The van der Waals surface area contributed by atoms with Crippen molar-refractivity contribution in [3.8, 4) is 6.07 Å². The maximum atomic E-state index is 11.8. The Morgan fingerprint density at radius 3 is 2.37 bits per heavy atom. The zero-order valence-corrected chi connectivity index (χ0v) is 12.2. The first-order valence-corrected chi connectivity index (χ1v) is 7.59. The minimum Gasteiger partial charge on any atom is -0.444 e. The number of carbonyl (C=O) groups excluding carboxylic acids is 1. The number of rotatable bonds is 2. The quantitative estimate of drug-likeness (QED) is 0.695. The van der Waals surface area contributed by atoms with Crippen molar-refractivity contribution in [3.05, 3.63) is 0 Å². The van der Waals surface area contributed by atoms with Crippen LogP contribution in [0.5, 0.6) is 0 Å². The lowest BCUT2D eigenvalue weighted by molar-refractivity contribution is 0.0275. The van der Waals surface area contributed by atoms with Gasteiger partial charge in [-0.05, 0) is 20.8 Å². The normalized spacial score (nSPS) is 24.1. The molecule has 1 amide bonds. The predicted octanol–water partition coefficient (Wildman–Crippen LogP) is 0.722. The highest BCUT2D eigenvalue weighted by atomic mass is 32.2. The summed E-state index contributed by atoms with van der Waals surface area (Å²) in [5.41, 5.74) is -0.644. The Bertz CT molecular complexity index is 488. The van der Waals surface area contributed by atoms with Crippen molar-refractivity contribution in [2.75, 3.05) is 19.3 Å². The molecule has 0 aromatic heterocycles. The molecular formula is C11H18N2O5S. The van der Waals surface area contributed by atoms with Gasteiger partial charge in [0, 0.05) is 6.54 Å². The van der Waals surface area contributed by atoms with Gasteiger partial charge in [0.2, 0.25) is 0 Å². The maximum absolute atomic E-state index is 11.8. The van der Waals surface area contributed by atoms with Crippen LogP contribution < -0.4 is 0 Å². The number of hydrogen-bond donors (Lipinski definition) is 0. The molecule has 0 aliphatic carbocycles. The van der Waals surface area contributed by atoms with E-state index in [0.717, 1.165) is 6.26 Å². The van der Waals surface area contributed by atoms with Crippen LogP contribution in [-0.4, -0.2) is 50.5 Å². The Morgan fingerprint density at radius 2 is 1.95 bits per heavy atom. The van der Waals surface area contributed by atoms with Crippen LogP contribution in [0.2, 0.25) is 0 Å². The highest BCUT2D eigenvalue weighted by molar-refractivity contribution is 7.86. The Labute approximate surface area is 113 Å². The number of nitriles is 1. The van der Waals surface area contributed by atoms with E-state index < -0.39 is 33.8 Å². The first-order chi connectivity index (χ1) is 8.52. The van der Waals surface area contributed by atoms with E-state index in [2.05, 4.69) is 0 Å². The summed E-state index contributed by atoms with van der Waals surface area (Å²) < 4.78 is 32.2. The van der Waals surface area contributed by atoms with E-state index in [1.54, 1.807) is 20.8 Å². The van der Waals surface area contributed by atoms with Crippen molar-refractivity contribution < 1.29 is 22.1 Å². The second kappa shape index (κ2) is 5.35. The minimum absolute atomic E-state index is 0.0280. The van der Waals surface area contributed by atoms with Crippen LogP contribution in [0.25, 0.3) is 0 Å².